The Morgan fingerprint density at radius 1 is 0.538 bits per heavy atom. The fourth-order valence-corrected chi connectivity index (χ4v) is 0. The van der Waals surface area contributed by atoms with Crippen molar-refractivity contribution >= 4 is 0 Å². The van der Waals surface area contributed by atoms with Crippen molar-refractivity contribution in [1.82, 2.24) is 0 Å². The molecule has 0 heteroatoms. The number of rotatable bonds is 0. The smallest absolute Gasteiger partial charge is 0.0533 e. The standard InChI is InChI=1S/2C3H6.C3H8.2C2H6/c2*1-2-3-1;1-3-2;2*1-2/h2*1-3H2;3H2,1-2H3;2*1-2H3. The van der Waals surface area contributed by atoms with Crippen LogP contribution in [0.1, 0.15) is 86.5 Å². The first kappa shape index (κ1) is 18.7. The van der Waals surface area contributed by atoms with Crippen LogP contribution in [0.15, 0.2) is 0 Å². The average molecular weight is 188 g/mol. The van der Waals surface area contributed by atoms with Gasteiger partial charge >= 0.3 is 0 Å². The van der Waals surface area contributed by atoms with Gasteiger partial charge in [-0.25, -0.2) is 0 Å². The Hall–Kier alpha value is 0. The molecule has 0 saturated heterocycles. The maximum absolute atomic E-state index is 2.12. The minimum Gasteiger partial charge on any atom is -0.0683 e. The van der Waals surface area contributed by atoms with Gasteiger partial charge in [0.15, 0.2) is 0 Å². The Kier molecular flexibility index (Phi) is 42.7. The molecule has 0 amide bonds. The lowest BCUT2D eigenvalue weighted by atomic mass is 10.6. The van der Waals surface area contributed by atoms with Gasteiger partial charge in [0.2, 0.25) is 0 Å². The molecule has 0 nitrogen and oxygen atoms in total. The van der Waals surface area contributed by atoms with Gasteiger partial charge in [-0.05, 0) is 0 Å². The summed E-state index contributed by atoms with van der Waals surface area (Å²) >= 11 is 0. The van der Waals surface area contributed by atoms with Gasteiger partial charge in [-0.15, -0.1) is 0 Å². The summed E-state index contributed by atoms with van der Waals surface area (Å²) in [7, 11) is 0. The molecule has 0 heterocycles. The lowest BCUT2D eigenvalue weighted by Gasteiger charge is -1.48. The van der Waals surface area contributed by atoms with E-state index in [2.05, 4.69) is 13.8 Å². The summed E-state index contributed by atoms with van der Waals surface area (Å²) in [5.74, 6) is 0. The summed E-state index contributed by atoms with van der Waals surface area (Å²) < 4.78 is 0. The molecule has 2 fully saturated rings. The maximum Gasteiger partial charge on any atom is -0.0533 e. The Labute approximate surface area is 87.1 Å². The summed E-state index contributed by atoms with van der Waals surface area (Å²) in [6, 6.07) is 0. The molecule has 0 radical (unpaired) electrons. The molecule has 0 N–H and O–H groups in total. The van der Waals surface area contributed by atoms with Crippen molar-refractivity contribution in [2.45, 2.75) is 86.5 Å². The molecule has 13 heavy (non-hydrogen) atoms. The quantitative estimate of drug-likeness (QED) is 0.450. The van der Waals surface area contributed by atoms with E-state index >= 15 is 0 Å². The summed E-state index contributed by atoms with van der Waals surface area (Å²) in [4.78, 5) is 0. The highest BCUT2D eigenvalue weighted by atomic mass is 14.0. The van der Waals surface area contributed by atoms with Gasteiger partial charge < -0.3 is 0 Å². The molecular weight excluding hydrogens is 156 g/mol. The van der Waals surface area contributed by atoms with E-state index in [1.165, 1.54) is 44.9 Å². The van der Waals surface area contributed by atoms with E-state index < -0.39 is 0 Å². The SMILES string of the molecule is C1CC1.C1CC1.CC.CC.CCC. The molecule has 2 aliphatic carbocycles. The molecule has 0 atom stereocenters. The van der Waals surface area contributed by atoms with Gasteiger partial charge in [0.1, 0.15) is 0 Å². The lowest BCUT2D eigenvalue weighted by molar-refractivity contribution is 1.09. The first-order chi connectivity index (χ1) is 6.41. The fraction of sp³-hybridized carbons (Fsp3) is 1.00. The third kappa shape index (κ3) is 300. The monoisotopic (exact) mass is 188 g/mol. The van der Waals surface area contributed by atoms with Crippen LogP contribution in [-0.4, -0.2) is 0 Å². The van der Waals surface area contributed by atoms with Crippen LogP contribution in [0.5, 0.6) is 0 Å². The molecule has 0 aromatic carbocycles. The van der Waals surface area contributed by atoms with E-state index in [4.69, 9.17) is 0 Å². The van der Waals surface area contributed by atoms with E-state index in [0.29, 0.717) is 0 Å². The van der Waals surface area contributed by atoms with Crippen molar-refractivity contribution in [2.75, 3.05) is 0 Å². The van der Waals surface area contributed by atoms with Crippen LogP contribution in [0.25, 0.3) is 0 Å². The van der Waals surface area contributed by atoms with E-state index in [1.54, 1.807) is 0 Å². The van der Waals surface area contributed by atoms with Crippen LogP contribution < -0.4 is 0 Å². The van der Waals surface area contributed by atoms with Gasteiger partial charge in [-0.1, -0.05) is 86.5 Å². The third-order valence-corrected chi connectivity index (χ3v) is 0.707. The van der Waals surface area contributed by atoms with Gasteiger partial charge in [0.05, 0.1) is 0 Å². The van der Waals surface area contributed by atoms with Crippen LogP contribution in [0.4, 0.5) is 0 Å². The number of hydrogen-bond acceptors (Lipinski definition) is 0. The highest BCUT2D eigenvalue weighted by Crippen LogP contribution is 2.15. The first-order valence-corrected chi connectivity index (χ1v) is 6.41. The Morgan fingerprint density at radius 3 is 0.615 bits per heavy atom. The fourth-order valence-electron chi connectivity index (χ4n) is 0. The minimum atomic E-state index is 1.25. The highest BCUT2D eigenvalue weighted by molar-refractivity contribution is 4.51. The zero-order valence-corrected chi connectivity index (χ0v) is 10.9. The highest BCUT2D eigenvalue weighted by Gasteiger charge is 1.95. The van der Waals surface area contributed by atoms with Crippen molar-refractivity contribution in [3.8, 4) is 0 Å². The van der Waals surface area contributed by atoms with Crippen LogP contribution in [0.3, 0.4) is 0 Å². The van der Waals surface area contributed by atoms with Crippen molar-refractivity contribution in [1.29, 1.82) is 0 Å². The van der Waals surface area contributed by atoms with E-state index in [1.807, 2.05) is 27.7 Å². The maximum atomic E-state index is 2.12. The molecule has 0 aliphatic heterocycles. The van der Waals surface area contributed by atoms with Crippen molar-refractivity contribution < 1.29 is 0 Å². The Morgan fingerprint density at radius 2 is 0.615 bits per heavy atom. The van der Waals surface area contributed by atoms with Crippen molar-refractivity contribution in [2.24, 2.45) is 0 Å². The second-order valence-electron chi connectivity index (χ2n) is 2.83. The molecular formula is C13H32. The van der Waals surface area contributed by atoms with Gasteiger partial charge in [-0.3, -0.25) is 0 Å². The third-order valence-electron chi connectivity index (χ3n) is 0.707. The molecule has 84 valence electrons. The average Bonchev–Trinajstić information content (AvgIpc) is 3.02. The van der Waals surface area contributed by atoms with Crippen LogP contribution >= 0.6 is 0 Å². The molecule has 2 rings (SSSR count). The lowest BCUT2D eigenvalue weighted by Crippen LogP contribution is -1.27. The minimum absolute atomic E-state index is 1.25. The largest absolute Gasteiger partial charge is 0.0683 e. The molecule has 2 aliphatic rings. The van der Waals surface area contributed by atoms with E-state index in [9.17, 15) is 0 Å². The topological polar surface area (TPSA) is 0 Å². The molecule has 0 bridgehead atoms. The van der Waals surface area contributed by atoms with Crippen molar-refractivity contribution in [3.63, 3.8) is 0 Å². The molecule has 0 spiro atoms. The Balaban J connectivity index is -0.0000000982. The summed E-state index contributed by atoms with van der Waals surface area (Å²) in [6.45, 7) is 12.2. The first-order valence-electron chi connectivity index (χ1n) is 6.41. The van der Waals surface area contributed by atoms with Gasteiger partial charge in [0, 0.05) is 0 Å². The number of hydrogen-bond donors (Lipinski definition) is 0. The van der Waals surface area contributed by atoms with Gasteiger partial charge in [-0.2, -0.15) is 0 Å². The second-order valence-corrected chi connectivity index (χ2v) is 2.83. The van der Waals surface area contributed by atoms with E-state index in [0.717, 1.165) is 0 Å². The summed E-state index contributed by atoms with van der Waals surface area (Å²) in [5.41, 5.74) is 0. The second kappa shape index (κ2) is 29.6. The molecule has 0 aromatic rings. The predicted octanol–water partition coefficient (Wildman–Crippen LogP) is 5.81. The van der Waals surface area contributed by atoms with Crippen LogP contribution in [-0.2, 0) is 0 Å². The zero-order chi connectivity index (χ0) is 10.9. The van der Waals surface area contributed by atoms with Crippen molar-refractivity contribution in [3.05, 3.63) is 0 Å². The zero-order valence-electron chi connectivity index (χ0n) is 10.9. The van der Waals surface area contributed by atoms with Crippen LogP contribution in [0.2, 0.25) is 0 Å². The molecule has 0 aromatic heterocycles. The molecule has 2 saturated carbocycles. The Bertz CT molecular complexity index is 23.8. The molecule has 0 unspecified atom stereocenters. The summed E-state index contributed by atoms with van der Waals surface area (Å²) in [5, 5.41) is 0. The van der Waals surface area contributed by atoms with E-state index in [-0.39, 0.29) is 0 Å². The normalized spacial score (nSPS) is 13.4. The summed E-state index contributed by atoms with van der Waals surface area (Å²) in [6.07, 6.45) is 10.2. The van der Waals surface area contributed by atoms with Crippen LogP contribution in [0, 0.1) is 0 Å². The van der Waals surface area contributed by atoms with Gasteiger partial charge in [0.25, 0.3) is 0 Å². The predicted molar refractivity (Wildman–Crippen MR) is 66.4 cm³/mol.